The van der Waals surface area contributed by atoms with Crippen molar-refractivity contribution in [2.45, 2.75) is 105 Å². The highest BCUT2D eigenvalue weighted by Gasteiger charge is 2.40. The van der Waals surface area contributed by atoms with Crippen LogP contribution >= 0.6 is 0 Å². The molecule has 0 rings (SSSR count). The van der Waals surface area contributed by atoms with Crippen molar-refractivity contribution in [2.24, 2.45) is 5.92 Å². The lowest BCUT2D eigenvalue weighted by atomic mass is 10.0. The molecular formula is C20H41NO4Si. The number of ether oxygens (including phenoxy) is 1. The maximum atomic E-state index is 12.2. The fourth-order valence-corrected chi connectivity index (χ4v) is 3.98. The van der Waals surface area contributed by atoms with Gasteiger partial charge in [0.2, 0.25) is 0 Å². The van der Waals surface area contributed by atoms with Crippen LogP contribution < -0.4 is 0 Å². The Morgan fingerprint density at radius 1 is 1.04 bits per heavy atom. The fourth-order valence-electron chi connectivity index (χ4n) is 2.55. The predicted molar refractivity (Wildman–Crippen MR) is 111 cm³/mol. The van der Waals surface area contributed by atoms with Gasteiger partial charge < -0.3 is 19.2 Å². The molecule has 0 heterocycles. The van der Waals surface area contributed by atoms with Gasteiger partial charge in [-0.25, -0.2) is 4.79 Å². The van der Waals surface area contributed by atoms with E-state index in [9.17, 15) is 9.90 Å². The number of aliphatic hydroxyl groups is 1. The van der Waals surface area contributed by atoms with Crippen LogP contribution in [0.4, 0.5) is 4.79 Å². The minimum atomic E-state index is -1.94. The highest BCUT2D eigenvalue weighted by molar-refractivity contribution is 6.74. The van der Waals surface area contributed by atoms with Gasteiger partial charge in [-0.3, -0.25) is 0 Å². The molecule has 0 unspecified atom stereocenters. The largest absolute Gasteiger partial charge is 0.418 e. The lowest BCUT2D eigenvalue weighted by molar-refractivity contribution is 0.0162. The molecule has 3 atom stereocenters. The van der Waals surface area contributed by atoms with E-state index in [1.54, 1.807) is 11.0 Å². The molecule has 0 aliphatic carbocycles. The number of rotatable bonds is 8. The Morgan fingerprint density at radius 3 is 1.88 bits per heavy atom. The van der Waals surface area contributed by atoms with Gasteiger partial charge in [0.25, 0.3) is 0 Å². The van der Waals surface area contributed by atoms with E-state index in [0.717, 1.165) is 0 Å². The number of carbonyl (C=O) groups excluding carboxylic acids is 1. The van der Waals surface area contributed by atoms with Gasteiger partial charge in [0, 0.05) is 18.0 Å². The van der Waals surface area contributed by atoms with E-state index in [1.807, 2.05) is 41.5 Å². The van der Waals surface area contributed by atoms with E-state index in [-0.39, 0.29) is 35.2 Å². The van der Waals surface area contributed by atoms with Crippen LogP contribution in [0.1, 0.15) is 62.3 Å². The molecule has 5 nitrogen and oxygen atoms in total. The van der Waals surface area contributed by atoms with Crippen LogP contribution in [0, 0.1) is 5.92 Å². The average Bonchev–Trinajstić information content (AvgIpc) is 2.43. The molecule has 0 spiro atoms. The van der Waals surface area contributed by atoms with Crippen molar-refractivity contribution in [1.29, 1.82) is 0 Å². The lowest BCUT2D eigenvalue weighted by Crippen LogP contribution is -2.47. The van der Waals surface area contributed by atoms with Crippen LogP contribution in [-0.4, -0.2) is 48.7 Å². The lowest BCUT2D eigenvalue weighted by Gasteiger charge is -2.40. The Morgan fingerprint density at radius 2 is 1.50 bits per heavy atom. The second-order valence-corrected chi connectivity index (χ2v) is 14.0. The van der Waals surface area contributed by atoms with Crippen molar-refractivity contribution in [3.8, 4) is 0 Å². The van der Waals surface area contributed by atoms with Gasteiger partial charge in [-0.15, -0.1) is 0 Å². The summed E-state index contributed by atoms with van der Waals surface area (Å²) in [6.45, 7) is 22.5. The van der Waals surface area contributed by atoms with Crippen molar-refractivity contribution in [1.82, 2.24) is 4.90 Å². The van der Waals surface area contributed by atoms with Gasteiger partial charge in [0.05, 0.1) is 18.5 Å². The third-order valence-corrected chi connectivity index (χ3v) is 9.75. The first kappa shape index (κ1) is 25.1. The summed E-state index contributed by atoms with van der Waals surface area (Å²) in [6, 6.07) is 0.133. The molecule has 0 bridgehead atoms. The molecule has 0 saturated heterocycles. The zero-order valence-corrected chi connectivity index (χ0v) is 19.7. The highest BCUT2D eigenvalue weighted by atomic mass is 28.4. The zero-order valence-electron chi connectivity index (χ0n) is 18.7. The van der Waals surface area contributed by atoms with Crippen molar-refractivity contribution in [3.63, 3.8) is 0 Å². The molecule has 0 aliphatic heterocycles. The summed E-state index contributed by atoms with van der Waals surface area (Å²) in [5, 5.41) is 10.7. The van der Waals surface area contributed by atoms with Gasteiger partial charge in [0.1, 0.15) is 0 Å². The number of nitrogens with zero attached hydrogens (tertiary/aromatic N) is 1. The highest BCUT2D eigenvalue weighted by Crippen LogP contribution is 2.37. The summed E-state index contributed by atoms with van der Waals surface area (Å²) in [7, 11) is -1.94. The molecular weight excluding hydrogens is 346 g/mol. The molecule has 0 fully saturated rings. The van der Waals surface area contributed by atoms with E-state index in [4.69, 9.17) is 9.16 Å². The topological polar surface area (TPSA) is 59.0 Å². The molecule has 1 amide bonds. The zero-order chi connectivity index (χ0) is 20.9. The molecule has 0 aromatic carbocycles. The van der Waals surface area contributed by atoms with Gasteiger partial charge in [-0.1, -0.05) is 27.7 Å². The van der Waals surface area contributed by atoms with Crippen LogP contribution in [-0.2, 0) is 9.16 Å². The smallest absolute Gasteiger partial charge is 0.415 e. The molecule has 6 heteroatoms. The summed E-state index contributed by atoms with van der Waals surface area (Å²) >= 11 is 0. The van der Waals surface area contributed by atoms with Crippen molar-refractivity contribution < 1.29 is 19.1 Å². The van der Waals surface area contributed by atoms with Crippen LogP contribution in [0.25, 0.3) is 0 Å². The molecule has 0 radical (unpaired) electrons. The van der Waals surface area contributed by atoms with Crippen molar-refractivity contribution >= 4 is 14.4 Å². The number of aliphatic hydroxyl groups excluding tert-OH is 1. The first-order valence-electron chi connectivity index (χ1n) is 9.63. The molecule has 0 aliphatic rings. The number of carbonyl (C=O) groups is 1. The van der Waals surface area contributed by atoms with E-state index >= 15 is 0 Å². The monoisotopic (exact) mass is 387 g/mol. The minimum absolute atomic E-state index is 0.0666. The SMILES string of the molecule is CC(C)N(C(=O)O/C=C\[C@@H](C)[C@@H](O)[C@H](C)O[Si](C)(C)C(C)(C)C)C(C)C. The molecule has 0 aromatic heterocycles. The third kappa shape index (κ3) is 7.41. The maximum absolute atomic E-state index is 12.2. The Hall–Kier alpha value is -0.853. The summed E-state index contributed by atoms with van der Waals surface area (Å²) in [6.07, 6.45) is 1.78. The molecule has 26 heavy (non-hydrogen) atoms. The third-order valence-electron chi connectivity index (χ3n) is 5.18. The molecule has 0 aromatic rings. The summed E-state index contributed by atoms with van der Waals surface area (Å²) in [5.74, 6) is -0.186. The van der Waals surface area contributed by atoms with Gasteiger partial charge in [-0.2, -0.15) is 0 Å². The summed E-state index contributed by atoms with van der Waals surface area (Å²) in [4.78, 5) is 13.9. The second-order valence-electron chi connectivity index (χ2n) is 9.24. The average molecular weight is 388 g/mol. The van der Waals surface area contributed by atoms with E-state index in [2.05, 4.69) is 33.9 Å². The Labute approximate surface area is 161 Å². The fraction of sp³-hybridized carbons (Fsp3) is 0.850. The summed E-state index contributed by atoms with van der Waals surface area (Å²) < 4.78 is 11.5. The molecule has 0 saturated carbocycles. The standard InChI is InChI=1S/C20H41NO4Si/c1-14(2)21(15(3)4)19(23)24-13-12-16(5)18(22)17(6)25-26(10,11)20(7,8)9/h12-18,22H,1-11H3/b13-12-/t16-,17+,18-/m1/s1. The van der Waals surface area contributed by atoms with E-state index in [1.165, 1.54) is 6.26 Å². The van der Waals surface area contributed by atoms with E-state index < -0.39 is 14.4 Å². The van der Waals surface area contributed by atoms with Crippen LogP contribution in [0.3, 0.4) is 0 Å². The van der Waals surface area contributed by atoms with Crippen LogP contribution in [0.5, 0.6) is 0 Å². The van der Waals surface area contributed by atoms with Crippen molar-refractivity contribution in [3.05, 3.63) is 12.3 Å². The predicted octanol–water partition coefficient (Wildman–Crippen LogP) is 5.16. The Kier molecular flexibility index (Phi) is 9.58. The van der Waals surface area contributed by atoms with Gasteiger partial charge >= 0.3 is 6.09 Å². The summed E-state index contributed by atoms with van der Waals surface area (Å²) in [5.41, 5.74) is 0. The Balaban J connectivity index is 4.78. The minimum Gasteiger partial charge on any atom is -0.418 e. The number of amides is 1. The first-order valence-corrected chi connectivity index (χ1v) is 12.5. The van der Waals surface area contributed by atoms with Gasteiger partial charge in [0.15, 0.2) is 8.32 Å². The van der Waals surface area contributed by atoms with Crippen LogP contribution in [0.15, 0.2) is 12.3 Å². The Bertz CT molecular complexity index is 461. The number of hydrogen-bond donors (Lipinski definition) is 1. The molecule has 1 N–H and O–H groups in total. The quantitative estimate of drug-likeness (QED) is 0.461. The number of hydrogen-bond acceptors (Lipinski definition) is 4. The molecule has 154 valence electrons. The first-order chi connectivity index (χ1) is 11.6. The van der Waals surface area contributed by atoms with Gasteiger partial charge in [-0.05, 0) is 58.8 Å². The maximum Gasteiger partial charge on any atom is 0.415 e. The van der Waals surface area contributed by atoms with E-state index in [0.29, 0.717) is 0 Å². The van der Waals surface area contributed by atoms with Crippen molar-refractivity contribution in [2.75, 3.05) is 0 Å². The normalized spacial score (nSPS) is 16.8. The second kappa shape index (κ2) is 9.90. The van der Waals surface area contributed by atoms with Crippen LogP contribution in [0.2, 0.25) is 18.1 Å².